The molecule has 0 rings (SSSR count). The molecule has 0 bridgehead atoms. The van der Waals surface area contributed by atoms with Crippen LogP contribution in [-0.4, -0.2) is 19.8 Å². The Morgan fingerprint density at radius 3 is 0.692 bits per heavy atom. The van der Waals surface area contributed by atoms with Crippen LogP contribution in [0.1, 0.15) is 63.7 Å². The van der Waals surface area contributed by atoms with Gasteiger partial charge >= 0.3 is 92.4 Å². The third-order valence-corrected chi connectivity index (χ3v) is 17.4. The fourth-order valence-corrected chi connectivity index (χ4v) is 26.1. The van der Waals surface area contributed by atoms with Crippen LogP contribution in [0.15, 0.2) is 0 Å². The first-order chi connectivity index (χ1) is 5.37. The molecule has 0 amide bonds. The third-order valence-electron chi connectivity index (χ3n) is 2.60. The predicted molar refractivity (Wildman–Crippen MR) is 67.4 cm³/mol. The van der Waals surface area contributed by atoms with Gasteiger partial charge in [-0.2, -0.15) is 0 Å². The van der Waals surface area contributed by atoms with Crippen molar-refractivity contribution < 1.29 is 1.43 Å². The summed E-state index contributed by atoms with van der Waals surface area (Å²) in [5.41, 5.74) is 0. The Morgan fingerprint density at radius 1 is 0.538 bits per heavy atom. The molecule has 0 aliphatic heterocycles. The summed E-state index contributed by atoms with van der Waals surface area (Å²) < 4.78 is 1.79. The van der Waals surface area contributed by atoms with Gasteiger partial charge in [0.2, 0.25) is 0 Å². The zero-order valence-electron chi connectivity index (χ0n) is 12.1. The molecule has 0 fully saturated rings. The van der Waals surface area contributed by atoms with E-state index >= 15 is 0 Å². The average Bonchev–Trinajstić information content (AvgIpc) is 1.44. The molecule has 0 nitrogen and oxygen atoms in total. The minimum absolute atomic E-state index is 0. The van der Waals surface area contributed by atoms with E-state index in [1.54, 1.807) is 0 Å². The number of rotatable bonds is 0. The quantitative estimate of drug-likeness (QED) is 0.566. The fraction of sp³-hybridized carbons (Fsp3) is 1.00. The number of hydrogen-bond donors (Lipinski definition) is 0. The molecule has 0 saturated heterocycles. The second-order valence-corrected chi connectivity index (χ2v) is 24.8. The van der Waals surface area contributed by atoms with Crippen molar-refractivity contribution in [3.8, 4) is 0 Å². The summed E-state index contributed by atoms with van der Waals surface area (Å²) in [5.74, 6) is 0. The van der Waals surface area contributed by atoms with E-state index in [9.17, 15) is 0 Å². The van der Waals surface area contributed by atoms with Crippen LogP contribution in [0.4, 0.5) is 0 Å². The van der Waals surface area contributed by atoms with Crippen LogP contribution in [0.2, 0.25) is 10.3 Å². The smallest absolute Gasteiger partial charge is 1.00 e. The molecule has 82 valence electrons. The van der Waals surface area contributed by atoms with Crippen molar-refractivity contribution in [3.63, 3.8) is 0 Å². The summed E-state index contributed by atoms with van der Waals surface area (Å²) in [6.07, 6.45) is 0. The van der Waals surface area contributed by atoms with Gasteiger partial charge in [-0.05, 0) is 0 Å². The van der Waals surface area contributed by atoms with Gasteiger partial charge in [0, 0.05) is 0 Å². The predicted octanol–water partition coefficient (Wildman–Crippen LogP) is 4.73. The SMILES string of the molecule is C[C](C)(C)[SnH]([C](C)(C)C)[C](C)(C)C.[H-]. The van der Waals surface area contributed by atoms with Gasteiger partial charge in [-0.1, -0.05) is 0 Å². The molecule has 0 aromatic carbocycles. The van der Waals surface area contributed by atoms with Gasteiger partial charge < -0.3 is 1.43 Å². The van der Waals surface area contributed by atoms with Crippen molar-refractivity contribution >= 4 is 19.8 Å². The van der Waals surface area contributed by atoms with E-state index in [-0.39, 0.29) is 1.43 Å². The molecular weight excluding hydrogens is 263 g/mol. The molecule has 0 aromatic rings. The van der Waals surface area contributed by atoms with E-state index < -0.39 is 19.8 Å². The second kappa shape index (κ2) is 3.75. The van der Waals surface area contributed by atoms with Crippen molar-refractivity contribution in [3.05, 3.63) is 0 Å². The first-order valence-electron chi connectivity index (χ1n) is 5.37. The summed E-state index contributed by atoms with van der Waals surface area (Å²) >= 11 is -1.58. The van der Waals surface area contributed by atoms with Crippen molar-refractivity contribution in [1.82, 2.24) is 0 Å². The largest absolute Gasteiger partial charge is 1.00 e. The Kier molecular flexibility index (Phi) is 3.98. The fourth-order valence-electron chi connectivity index (χ4n) is 3.90. The van der Waals surface area contributed by atoms with Crippen LogP contribution in [-0.2, 0) is 0 Å². The Bertz CT molecular complexity index is 133. The molecule has 0 saturated carbocycles. The molecule has 13 heavy (non-hydrogen) atoms. The second-order valence-electron chi connectivity index (χ2n) is 7.53. The molecule has 0 radical (unpaired) electrons. The van der Waals surface area contributed by atoms with Gasteiger partial charge in [0.1, 0.15) is 0 Å². The first-order valence-corrected chi connectivity index (χ1v) is 10.3. The van der Waals surface area contributed by atoms with E-state index in [2.05, 4.69) is 62.3 Å². The van der Waals surface area contributed by atoms with Crippen LogP contribution in [0.3, 0.4) is 0 Å². The van der Waals surface area contributed by atoms with Gasteiger partial charge in [0.15, 0.2) is 0 Å². The van der Waals surface area contributed by atoms with Gasteiger partial charge in [-0.3, -0.25) is 0 Å². The average molecular weight is 292 g/mol. The van der Waals surface area contributed by atoms with Crippen LogP contribution >= 0.6 is 0 Å². The maximum Gasteiger partial charge on any atom is -1.00 e. The minimum Gasteiger partial charge on any atom is -1.00 e. The van der Waals surface area contributed by atoms with E-state index in [1.165, 1.54) is 0 Å². The zero-order chi connectivity index (χ0) is 11.1. The van der Waals surface area contributed by atoms with E-state index in [4.69, 9.17) is 0 Å². The molecular formula is C12H29Sn-. The van der Waals surface area contributed by atoms with Crippen molar-refractivity contribution in [2.45, 2.75) is 72.6 Å². The molecule has 0 atom stereocenters. The van der Waals surface area contributed by atoms with Gasteiger partial charge in [-0.15, -0.1) is 0 Å². The molecule has 0 heterocycles. The Labute approximate surface area is 93.7 Å². The first kappa shape index (κ1) is 13.8. The summed E-state index contributed by atoms with van der Waals surface area (Å²) in [6, 6.07) is 0. The Morgan fingerprint density at radius 2 is 0.692 bits per heavy atom. The van der Waals surface area contributed by atoms with Gasteiger partial charge in [0.25, 0.3) is 0 Å². The van der Waals surface area contributed by atoms with Crippen LogP contribution in [0.5, 0.6) is 0 Å². The van der Waals surface area contributed by atoms with Gasteiger partial charge in [-0.25, -0.2) is 0 Å². The molecule has 0 unspecified atom stereocenters. The van der Waals surface area contributed by atoms with Crippen molar-refractivity contribution in [2.24, 2.45) is 0 Å². The summed E-state index contributed by atoms with van der Waals surface area (Å²) in [5, 5.41) is 0. The van der Waals surface area contributed by atoms with Crippen LogP contribution < -0.4 is 0 Å². The summed E-state index contributed by atoms with van der Waals surface area (Å²) in [6.45, 7) is 22.0. The standard InChI is InChI=1S/3C4H9.Sn.2H/c3*1-4(2)3;;;/h3*1-3H3;;;/q;;;;;-1. The maximum atomic E-state index is 2.45. The number of hydrogen-bond acceptors (Lipinski definition) is 0. The molecule has 0 aromatic heterocycles. The maximum absolute atomic E-state index is 2.45. The van der Waals surface area contributed by atoms with Crippen molar-refractivity contribution in [1.29, 1.82) is 0 Å². The third kappa shape index (κ3) is 4.22. The molecule has 0 aliphatic rings. The zero-order valence-corrected chi connectivity index (χ0v) is 14.4. The topological polar surface area (TPSA) is 0 Å². The molecule has 0 N–H and O–H groups in total. The summed E-state index contributed by atoms with van der Waals surface area (Å²) in [4.78, 5) is 0. The van der Waals surface area contributed by atoms with Gasteiger partial charge in [0.05, 0.1) is 0 Å². The van der Waals surface area contributed by atoms with E-state index in [1.807, 2.05) is 0 Å². The normalized spacial score (nSPS) is 15.2. The Balaban J connectivity index is 0. The Hall–Kier alpha value is 0.799. The van der Waals surface area contributed by atoms with Crippen LogP contribution in [0, 0.1) is 0 Å². The molecule has 0 spiro atoms. The van der Waals surface area contributed by atoms with E-state index in [0.717, 1.165) is 0 Å². The monoisotopic (exact) mass is 293 g/mol. The molecule has 1 heteroatoms. The minimum atomic E-state index is -1.58. The molecule has 0 aliphatic carbocycles. The van der Waals surface area contributed by atoms with E-state index in [0.29, 0.717) is 10.3 Å². The summed E-state index contributed by atoms with van der Waals surface area (Å²) in [7, 11) is 0. The van der Waals surface area contributed by atoms with Crippen LogP contribution in [0.25, 0.3) is 0 Å². The van der Waals surface area contributed by atoms with Crippen molar-refractivity contribution in [2.75, 3.05) is 0 Å².